The van der Waals surface area contributed by atoms with Gasteiger partial charge in [0.1, 0.15) is 0 Å². The fourth-order valence-electron chi connectivity index (χ4n) is 4.72. The van der Waals surface area contributed by atoms with Gasteiger partial charge in [-0.2, -0.15) is 0 Å². The Kier molecular flexibility index (Phi) is 10.1. The molecule has 2 aliphatic rings. The van der Waals surface area contributed by atoms with E-state index in [0.717, 1.165) is 35.6 Å². The lowest BCUT2D eigenvalue weighted by Crippen LogP contribution is -2.55. The Morgan fingerprint density at radius 2 is 1.86 bits per heavy atom. The summed E-state index contributed by atoms with van der Waals surface area (Å²) in [6.07, 6.45) is 5.73. The molecule has 8 nitrogen and oxygen atoms in total. The predicted molar refractivity (Wildman–Crippen MR) is 149 cm³/mol. The van der Waals surface area contributed by atoms with E-state index < -0.39 is 0 Å². The molecule has 11 heteroatoms. The minimum atomic E-state index is -0.378. The van der Waals surface area contributed by atoms with Gasteiger partial charge in [0.2, 0.25) is 11.8 Å². The summed E-state index contributed by atoms with van der Waals surface area (Å²) in [4.78, 5) is 48.1. The summed E-state index contributed by atoms with van der Waals surface area (Å²) >= 11 is 7.35. The first kappa shape index (κ1) is 29.1. The van der Waals surface area contributed by atoms with Gasteiger partial charge in [0.05, 0.1) is 11.7 Å². The predicted octanol–water partition coefficient (Wildman–Crippen LogP) is 3.39. The van der Waals surface area contributed by atoms with E-state index in [9.17, 15) is 14.4 Å². The Labute approximate surface area is 232 Å². The molecule has 4 rings (SSSR count). The Balaban J connectivity index is 0.00000380. The van der Waals surface area contributed by atoms with Crippen molar-refractivity contribution in [1.82, 2.24) is 25.4 Å². The summed E-state index contributed by atoms with van der Waals surface area (Å²) in [5.74, 6) is -0.675. The average molecular weight is 567 g/mol. The molecule has 0 radical (unpaired) electrons. The van der Waals surface area contributed by atoms with Gasteiger partial charge in [0, 0.05) is 61.5 Å². The molecular weight excluding hydrogens is 533 g/mol. The van der Waals surface area contributed by atoms with Crippen LogP contribution in [0.2, 0.25) is 5.02 Å². The second-order valence-corrected chi connectivity index (χ2v) is 11.2. The van der Waals surface area contributed by atoms with Crippen molar-refractivity contribution in [3.8, 4) is 0 Å². The van der Waals surface area contributed by atoms with Crippen LogP contribution in [-0.4, -0.2) is 72.3 Å². The third-order valence-electron chi connectivity index (χ3n) is 6.70. The number of nitrogens with zero attached hydrogens (tertiary/aromatic N) is 3. The molecule has 1 fully saturated rings. The molecule has 1 aromatic heterocycles. The van der Waals surface area contributed by atoms with Gasteiger partial charge >= 0.3 is 0 Å². The van der Waals surface area contributed by atoms with E-state index in [-0.39, 0.29) is 48.1 Å². The number of hydrogen-bond donors (Lipinski definition) is 2. The highest BCUT2D eigenvalue weighted by molar-refractivity contribution is 7.13. The Morgan fingerprint density at radius 3 is 2.57 bits per heavy atom. The third kappa shape index (κ3) is 7.54. The molecule has 1 saturated carbocycles. The zero-order valence-electron chi connectivity index (χ0n) is 21.2. The molecule has 3 amide bonds. The first-order valence-corrected chi connectivity index (χ1v) is 13.3. The molecular formula is C26H33Cl2N5O3S. The molecule has 0 saturated heterocycles. The topological polar surface area (TPSA) is 94.6 Å². The minimum absolute atomic E-state index is 0. The van der Waals surface area contributed by atoms with E-state index in [2.05, 4.69) is 27.6 Å². The normalized spacial score (nSPS) is 21.6. The van der Waals surface area contributed by atoms with Gasteiger partial charge in [-0.3, -0.25) is 14.4 Å². The van der Waals surface area contributed by atoms with Crippen LogP contribution in [0, 0.1) is 5.92 Å². The monoisotopic (exact) mass is 565 g/mol. The standard InChI is InChI=1S/C26H32ClN5O3S.ClH/c1-31(2)26(35)17-7-10-19(28-23(33)11-6-16-4-8-18(27)9-5-16)21(14-17)29-24(34)25-30-20-12-13-32(3)15-22(20)36-25;/h4-6,8-9,11,17,19,21H,7,10,12-15H2,1-3H3,(H,28,33)(H,29,34);1H/b11-6+;/t17-,19-,21+;/m0./s1. The Bertz CT molecular complexity index is 1150. The Hall–Kier alpha value is -2.46. The lowest BCUT2D eigenvalue weighted by atomic mass is 9.81. The summed E-state index contributed by atoms with van der Waals surface area (Å²) in [5, 5.41) is 7.19. The average Bonchev–Trinajstić information content (AvgIpc) is 3.27. The largest absolute Gasteiger partial charge is 0.349 e. The van der Waals surface area contributed by atoms with Crippen molar-refractivity contribution in [2.24, 2.45) is 5.92 Å². The highest BCUT2D eigenvalue weighted by Gasteiger charge is 2.36. The summed E-state index contributed by atoms with van der Waals surface area (Å²) < 4.78 is 0. The number of amides is 3. The maximum atomic E-state index is 13.2. The highest BCUT2D eigenvalue weighted by Crippen LogP contribution is 2.28. The van der Waals surface area contributed by atoms with Gasteiger partial charge in [-0.25, -0.2) is 4.98 Å². The quantitative estimate of drug-likeness (QED) is 0.523. The van der Waals surface area contributed by atoms with E-state index in [0.29, 0.717) is 29.3 Å². The summed E-state index contributed by atoms with van der Waals surface area (Å²) in [6, 6.07) is 6.53. The number of hydrogen-bond acceptors (Lipinski definition) is 6. The van der Waals surface area contributed by atoms with Crippen LogP contribution in [0.4, 0.5) is 0 Å². The van der Waals surface area contributed by atoms with Gasteiger partial charge in [-0.15, -0.1) is 23.7 Å². The second-order valence-electron chi connectivity index (χ2n) is 9.70. The molecule has 1 aromatic carbocycles. The first-order chi connectivity index (χ1) is 17.2. The number of fused-ring (bicyclic) bond motifs is 1. The number of carbonyl (C=O) groups is 3. The van der Waals surface area contributed by atoms with Gasteiger partial charge in [-0.1, -0.05) is 23.7 Å². The van der Waals surface area contributed by atoms with Crippen LogP contribution >= 0.6 is 35.3 Å². The molecule has 200 valence electrons. The third-order valence-corrected chi connectivity index (χ3v) is 8.03. The molecule has 2 aromatic rings. The van der Waals surface area contributed by atoms with Crippen LogP contribution in [0.25, 0.3) is 6.08 Å². The summed E-state index contributed by atoms with van der Waals surface area (Å²) in [5.41, 5.74) is 1.85. The summed E-state index contributed by atoms with van der Waals surface area (Å²) in [7, 11) is 5.53. The van der Waals surface area contributed by atoms with Crippen LogP contribution in [0.15, 0.2) is 30.3 Å². The van der Waals surface area contributed by atoms with Gasteiger partial charge in [0.25, 0.3) is 5.91 Å². The molecule has 0 unspecified atom stereocenters. The molecule has 3 atom stereocenters. The van der Waals surface area contributed by atoms with Crippen LogP contribution in [0.5, 0.6) is 0 Å². The molecule has 2 N–H and O–H groups in total. The fourth-order valence-corrected chi connectivity index (χ4v) is 5.94. The van der Waals surface area contributed by atoms with Crippen molar-refractivity contribution in [3.05, 3.63) is 56.5 Å². The Morgan fingerprint density at radius 1 is 1.14 bits per heavy atom. The van der Waals surface area contributed by atoms with Gasteiger partial charge < -0.3 is 20.4 Å². The second kappa shape index (κ2) is 12.9. The van der Waals surface area contributed by atoms with Gasteiger partial charge in [-0.05, 0) is 50.1 Å². The van der Waals surface area contributed by atoms with E-state index >= 15 is 0 Å². The number of likely N-dealkylation sites (N-methyl/N-ethyl adjacent to an activating group) is 1. The number of halogens is 2. The zero-order chi connectivity index (χ0) is 25.8. The van der Waals surface area contributed by atoms with Crippen LogP contribution in [-0.2, 0) is 22.6 Å². The lowest BCUT2D eigenvalue weighted by Gasteiger charge is -2.37. The smallest absolute Gasteiger partial charge is 0.280 e. The lowest BCUT2D eigenvalue weighted by molar-refractivity contribution is -0.134. The van der Waals surface area contributed by atoms with E-state index in [1.54, 1.807) is 37.2 Å². The van der Waals surface area contributed by atoms with Crippen molar-refractivity contribution in [1.29, 1.82) is 0 Å². The molecule has 2 heterocycles. The van der Waals surface area contributed by atoms with E-state index in [4.69, 9.17) is 11.6 Å². The summed E-state index contributed by atoms with van der Waals surface area (Å²) in [6.45, 7) is 1.72. The van der Waals surface area contributed by atoms with E-state index in [1.807, 2.05) is 12.1 Å². The number of aromatic nitrogens is 1. The van der Waals surface area contributed by atoms with Crippen LogP contribution in [0.1, 0.15) is 45.2 Å². The fraction of sp³-hybridized carbons (Fsp3) is 0.462. The maximum Gasteiger partial charge on any atom is 0.280 e. The number of carbonyl (C=O) groups excluding carboxylic acids is 3. The number of rotatable bonds is 6. The van der Waals surface area contributed by atoms with Crippen molar-refractivity contribution in [2.45, 2.75) is 44.3 Å². The molecule has 1 aliphatic heterocycles. The van der Waals surface area contributed by atoms with Crippen molar-refractivity contribution >= 4 is 59.1 Å². The number of benzene rings is 1. The number of nitrogens with one attached hydrogen (secondary N) is 2. The minimum Gasteiger partial charge on any atom is -0.349 e. The number of thiazole rings is 1. The SMILES string of the molecule is CN1CCc2nc(C(=O)N[C@@H]3C[C@@H](C(=O)N(C)C)CC[C@@H]3NC(=O)/C=C/c3ccc(Cl)cc3)sc2C1.Cl. The van der Waals surface area contributed by atoms with E-state index in [1.165, 1.54) is 17.4 Å². The highest BCUT2D eigenvalue weighted by atomic mass is 35.5. The maximum absolute atomic E-state index is 13.2. The van der Waals surface area contributed by atoms with Gasteiger partial charge in [0.15, 0.2) is 5.01 Å². The van der Waals surface area contributed by atoms with Crippen LogP contribution in [0.3, 0.4) is 0 Å². The molecule has 1 aliphatic carbocycles. The molecule has 0 bridgehead atoms. The molecule has 37 heavy (non-hydrogen) atoms. The van der Waals surface area contributed by atoms with Crippen molar-refractivity contribution in [2.75, 3.05) is 27.7 Å². The van der Waals surface area contributed by atoms with Crippen molar-refractivity contribution < 1.29 is 14.4 Å². The van der Waals surface area contributed by atoms with Crippen molar-refractivity contribution in [3.63, 3.8) is 0 Å². The molecule has 0 spiro atoms. The van der Waals surface area contributed by atoms with Crippen LogP contribution < -0.4 is 10.6 Å². The zero-order valence-corrected chi connectivity index (χ0v) is 23.6. The first-order valence-electron chi connectivity index (χ1n) is 12.1.